The van der Waals surface area contributed by atoms with Crippen molar-refractivity contribution < 1.29 is 65.9 Å². The van der Waals surface area contributed by atoms with Crippen LogP contribution in [0.3, 0.4) is 0 Å². The Morgan fingerprint density at radius 2 is 0.737 bits per heavy atom. The number of alkyl halides is 3. The first-order valence-electron chi connectivity index (χ1n) is 30.3. The summed E-state index contributed by atoms with van der Waals surface area (Å²) < 4.78 is 58.3. The molecular weight excluding hydrogens is 1400 g/mol. The van der Waals surface area contributed by atoms with Crippen LogP contribution in [0.15, 0.2) is 246 Å². The number of benzene rings is 11. The van der Waals surface area contributed by atoms with Crippen molar-refractivity contribution in [2.24, 2.45) is 0 Å². The van der Waals surface area contributed by atoms with Gasteiger partial charge in [0.05, 0.1) is 72.2 Å². The molecule has 1 unspecified atom stereocenters. The minimum Gasteiger partial charge on any atom is -0.457 e. The molecule has 11 aromatic rings. The number of carbonyl (C=O) groups is 8. The molecule has 482 valence electrons. The highest BCUT2D eigenvalue weighted by Gasteiger charge is 2.54. The number of imide groups is 4. The summed E-state index contributed by atoms with van der Waals surface area (Å²) in [5.41, 5.74) is 1.54. The van der Waals surface area contributed by atoms with Gasteiger partial charge in [-0.1, -0.05) is 109 Å². The highest BCUT2D eigenvalue weighted by Crippen LogP contribution is 2.49. The Kier molecular flexibility index (Phi) is 15.1. The van der Waals surface area contributed by atoms with Crippen LogP contribution in [0, 0.1) is 10.1 Å². The molecule has 99 heavy (non-hydrogen) atoms. The average Bonchev–Trinajstić information content (AvgIpc) is 1.65. The quantitative estimate of drug-likeness (QED) is 0.0565. The summed E-state index contributed by atoms with van der Waals surface area (Å²) in [6.07, 6.45) is -4.80. The third-order valence-electron chi connectivity index (χ3n) is 18.0. The van der Waals surface area contributed by atoms with Gasteiger partial charge >= 0.3 is 6.18 Å². The second-order valence-electron chi connectivity index (χ2n) is 23.5. The number of nitro groups is 1. The van der Waals surface area contributed by atoms with Gasteiger partial charge in [-0.05, 0) is 193 Å². The fourth-order valence-electron chi connectivity index (χ4n) is 13.0. The number of carbonyl (C=O) groups excluding carboxylic acids is 8. The Labute approximate surface area is 575 Å². The summed E-state index contributed by atoms with van der Waals surface area (Å²) in [7, 11) is 0. The predicted octanol–water partition coefficient (Wildman–Crippen LogP) is 17.8. The first kappa shape index (κ1) is 62.8. The van der Waals surface area contributed by atoms with Crippen molar-refractivity contribution in [3.63, 3.8) is 0 Å². The van der Waals surface area contributed by atoms with E-state index in [1.165, 1.54) is 133 Å². The third-order valence-corrected chi connectivity index (χ3v) is 19.2. The molecular formula is C77H42Br2F3N5O12. The Hall–Kier alpha value is -12.3. The molecule has 8 amide bonds. The van der Waals surface area contributed by atoms with Crippen LogP contribution in [0.2, 0.25) is 0 Å². The number of ether oxygens (including phenoxy) is 2. The summed E-state index contributed by atoms with van der Waals surface area (Å²) >= 11 is 6.54. The molecule has 0 saturated carbocycles. The molecule has 4 heterocycles. The lowest BCUT2D eigenvalue weighted by atomic mass is 9.75. The normalized spacial score (nSPS) is 14.6. The molecule has 0 bridgehead atoms. The number of non-ortho nitro benzene ring substituents is 1. The summed E-state index contributed by atoms with van der Waals surface area (Å²) in [4.78, 5) is 127. The maximum absolute atomic E-state index is 15.3. The predicted molar refractivity (Wildman–Crippen MR) is 367 cm³/mol. The molecule has 0 N–H and O–H groups in total. The fraction of sp³-hybridized carbons (Fsp3) is 0.0390. The van der Waals surface area contributed by atoms with Crippen LogP contribution in [-0.2, 0) is 5.41 Å². The van der Waals surface area contributed by atoms with E-state index in [0.717, 1.165) is 32.1 Å². The molecule has 1 atom stereocenters. The van der Waals surface area contributed by atoms with E-state index in [1.807, 2.05) is 42.5 Å². The van der Waals surface area contributed by atoms with Gasteiger partial charge in [-0.25, -0.2) is 19.6 Å². The molecule has 17 nitrogen and oxygen atoms in total. The minimum atomic E-state index is -4.80. The molecule has 0 fully saturated rings. The van der Waals surface area contributed by atoms with Crippen LogP contribution in [-0.4, -0.2) is 58.4 Å². The lowest BCUT2D eigenvalue weighted by Crippen LogP contribution is -2.40. The number of halogens is 5. The van der Waals surface area contributed by atoms with E-state index in [2.05, 4.69) is 31.9 Å². The molecule has 0 aliphatic carbocycles. The molecule has 4 aliphatic rings. The molecule has 0 spiro atoms. The first-order valence-corrected chi connectivity index (χ1v) is 31.9. The first-order chi connectivity index (χ1) is 47.6. The summed E-state index contributed by atoms with van der Waals surface area (Å²) in [5.74, 6) is -4.13. The van der Waals surface area contributed by atoms with Crippen molar-refractivity contribution in [3.05, 3.63) is 311 Å². The van der Waals surface area contributed by atoms with Gasteiger partial charge in [0.1, 0.15) is 28.4 Å². The van der Waals surface area contributed by atoms with E-state index in [4.69, 9.17) is 9.47 Å². The van der Waals surface area contributed by atoms with Gasteiger partial charge < -0.3 is 9.47 Å². The molecule has 15 rings (SSSR count). The lowest BCUT2D eigenvalue weighted by molar-refractivity contribution is -0.385. The zero-order chi connectivity index (χ0) is 69.1. The maximum Gasteiger partial charge on any atom is 0.402 e. The van der Waals surface area contributed by atoms with Gasteiger partial charge in [0.2, 0.25) is 0 Å². The van der Waals surface area contributed by atoms with Crippen molar-refractivity contribution in [1.29, 1.82) is 0 Å². The summed E-state index contributed by atoms with van der Waals surface area (Å²) in [6, 6.07) is 60.2. The van der Waals surface area contributed by atoms with Crippen LogP contribution >= 0.6 is 31.9 Å². The van der Waals surface area contributed by atoms with Gasteiger partial charge in [-0.3, -0.25) is 48.5 Å². The van der Waals surface area contributed by atoms with Crippen molar-refractivity contribution >= 4 is 108 Å². The Morgan fingerprint density at radius 1 is 0.364 bits per heavy atom. The smallest absolute Gasteiger partial charge is 0.402 e. The van der Waals surface area contributed by atoms with Crippen LogP contribution in [0.4, 0.5) is 41.6 Å². The van der Waals surface area contributed by atoms with Crippen molar-refractivity contribution in [1.82, 2.24) is 0 Å². The number of anilines is 4. The van der Waals surface area contributed by atoms with Crippen molar-refractivity contribution in [3.8, 4) is 56.4 Å². The molecule has 4 aliphatic heterocycles. The van der Waals surface area contributed by atoms with E-state index in [1.54, 1.807) is 60.7 Å². The highest BCUT2D eigenvalue weighted by atomic mass is 79.9. The van der Waals surface area contributed by atoms with Crippen LogP contribution in [0.1, 0.15) is 101 Å². The number of para-hydroxylation sites is 1. The summed E-state index contributed by atoms with van der Waals surface area (Å²) in [5, 5.41) is 11.5. The van der Waals surface area contributed by atoms with Crippen molar-refractivity contribution in [2.45, 2.75) is 18.5 Å². The van der Waals surface area contributed by atoms with Crippen LogP contribution in [0.25, 0.3) is 33.4 Å². The standard InChI is InChI=1S/C77H42Br2F3N5O12/c1-76(77(80,81)82,44-19-27-49(28-20-44)98-51-31-23-46(24-32-51)83-68(88)56-35-17-42(37-60(56)72(83)92)55-13-8-15-59-66(55)75(95)86(71(59)91)67-62(78)39-48(87(96)97)40-63(67)79)45-21-29-50(30-22-45)99-52-33-25-47(26-34-52)84-70(90)58-14-7-12-54(65(58)74(84)94)43-18-36-57-61(38-43)73(93)85(69(57)89)64-16-6-5-11-53(64)41-9-3-2-4-10-41/h2-40H,1H3. The van der Waals surface area contributed by atoms with E-state index in [-0.39, 0.29) is 110 Å². The molecule has 0 radical (unpaired) electrons. The number of fused-ring (bicyclic) bond motifs is 4. The van der Waals surface area contributed by atoms with Gasteiger partial charge in [0, 0.05) is 26.6 Å². The van der Waals surface area contributed by atoms with Gasteiger partial charge in [0.25, 0.3) is 52.9 Å². The zero-order valence-electron chi connectivity index (χ0n) is 51.0. The second-order valence-corrected chi connectivity index (χ2v) is 25.2. The zero-order valence-corrected chi connectivity index (χ0v) is 54.2. The minimum absolute atomic E-state index is 0.0189. The van der Waals surface area contributed by atoms with Gasteiger partial charge in [-0.2, -0.15) is 13.2 Å². The molecule has 0 aromatic heterocycles. The van der Waals surface area contributed by atoms with E-state index in [9.17, 15) is 48.5 Å². The molecule has 11 aromatic carbocycles. The van der Waals surface area contributed by atoms with Gasteiger partial charge in [-0.15, -0.1) is 0 Å². The number of hydrogen-bond acceptors (Lipinski definition) is 12. The fourth-order valence-corrected chi connectivity index (χ4v) is 14.5. The lowest BCUT2D eigenvalue weighted by Gasteiger charge is -2.33. The van der Waals surface area contributed by atoms with Crippen molar-refractivity contribution in [2.75, 3.05) is 19.6 Å². The topological polar surface area (TPSA) is 211 Å². The second kappa shape index (κ2) is 23.8. The number of hydrogen-bond donors (Lipinski definition) is 0. The summed E-state index contributed by atoms with van der Waals surface area (Å²) in [6.45, 7) is 1.06. The Balaban J connectivity index is 0.597. The van der Waals surface area contributed by atoms with E-state index >= 15 is 13.2 Å². The highest BCUT2D eigenvalue weighted by molar-refractivity contribution is 9.11. The molecule has 0 saturated heterocycles. The third kappa shape index (κ3) is 10.3. The van der Waals surface area contributed by atoms with Crippen LogP contribution < -0.4 is 29.1 Å². The average molecular weight is 1450 g/mol. The van der Waals surface area contributed by atoms with Crippen LogP contribution in [0.5, 0.6) is 23.0 Å². The Morgan fingerprint density at radius 3 is 1.21 bits per heavy atom. The SMILES string of the molecule is CC(c1ccc(Oc2ccc(N3C(=O)c4ccc(-c5cccc6c5C(=O)N(c5c(Br)cc([N+](=O)[O-])cc5Br)C6=O)cc4C3=O)cc2)cc1)(c1ccc(Oc2ccc(N3C(=O)c4cccc(-c5ccc6c(c5)C(=O)N(c5ccccc5-c5ccccc5)C6=O)c4C3=O)cc2)cc1)C(F)(F)F. The van der Waals surface area contributed by atoms with E-state index < -0.39 is 63.8 Å². The number of nitrogens with zero attached hydrogens (tertiary/aromatic N) is 5. The number of amides is 8. The largest absolute Gasteiger partial charge is 0.457 e. The number of rotatable bonds is 14. The van der Waals surface area contributed by atoms with Gasteiger partial charge in [0.15, 0.2) is 0 Å². The Bertz CT molecular complexity index is 5380. The number of nitro benzene ring substituents is 1. The molecule has 22 heteroatoms. The monoisotopic (exact) mass is 1440 g/mol. The van der Waals surface area contributed by atoms with E-state index in [0.29, 0.717) is 33.5 Å². The maximum atomic E-state index is 15.3.